The van der Waals surface area contributed by atoms with Gasteiger partial charge in [0.25, 0.3) is 5.91 Å². The number of fused-ring (bicyclic) bond motifs is 1. The van der Waals surface area contributed by atoms with Crippen molar-refractivity contribution in [1.82, 2.24) is 9.97 Å². The number of anilines is 1. The zero-order valence-electron chi connectivity index (χ0n) is 12.3. The fourth-order valence-corrected chi connectivity index (χ4v) is 3.38. The van der Waals surface area contributed by atoms with Gasteiger partial charge in [-0.2, -0.15) is 4.98 Å². The second-order valence-corrected chi connectivity index (χ2v) is 6.12. The highest BCUT2D eigenvalue weighted by atomic mass is 32.1. The van der Waals surface area contributed by atoms with E-state index in [1.54, 1.807) is 17.5 Å². The number of methoxy groups -OCH3 is 1. The zero-order chi connectivity index (χ0) is 15.0. The quantitative estimate of drug-likeness (QED) is 0.875. The lowest BCUT2D eigenvalue weighted by Crippen LogP contribution is -2.29. The van der Waals surface area contributed by atoms with Gasteiger partial charge in [0.1, 0.15) is 10.7 Å². The van der Waals surface area contributed by atoms with E-state index in [1.807, 2.05) is 26.0 Å². The smallest absolute Gasteiger partial charge is 0.271 e. The summed E-state index contributed by atoms with van der Waals surface area (Å²) in [4.78, 5) is 24.0. The van der Waals surface area contributed by atoms with Crippen molar-refractivity contribution in [3.05, 3.63) is 33.8 Å². The van der Waals surface area contributed by atoms with Crippen molar-refractivity contribution in [2.75, 3.05) is 18.6 Å². The van der Waals surface area contributed by atoms with E-state index in [0.29, 0.717) is 23.1 Å². The molecule has 0 aliphatic carbocycles. The Hall–Kier alpha value is -1.95. The van der Waals surface area contributed by atoms with Gasteiger partial charge >= 0.3 is 0 Å². The molecule has 3 rings (SSSR count). The SMILES string of the molecule is COc1ccc2c(n1)N(C(=O)c1scnc1C(C)C)CC2. The van der Waals surface area contributed by atoms with Gasteiger partial charge in [-0.3, -0.25) is 9.69 Å². The molecule has 0 saturated heterocycles. The molecule has 0 aromatic carbocycles. The Morgan fingerprint density at radius 1 is 1.43 bits per heavy atom. The number of aromatic nitrogens is 2. The predicted molar refractivity (Wildman–Crippen MR) is 82.4 cm³/mol. The number of nitrogens with zero attached hydrogens (tertiary/aromatic N) is 3. The third-order valence-electron chi connectivity index (χ3n) is 3.58. The molecule has 6 heteroatoms. The molecule has 0 fully saturated rings. The number of thiazole rings is 1. The molecule has 2 aromatic heterocycles. The number of carbonyl (C=O) groups is 1. The van der Waals surface area contributed by atoms with Crippen molar-refractivity contribution in [3.8, 4) is 5.88 Å². The molecule has 110 valence electrons. The maximum atomic E-state index is 12.8. The topological polar surface area (TPSA) is 55.3 Å². The van der Waals surface area contributed by atoms with Gasteiger partial charge in [-0.15, -0.1) is 11.3 Å². The third kappa shape index (κ3) is 2.40. The average Bonchev–Trinajstić information content (AvgIpc) is 3.12. The van der Waals surface area contributed by atoms with Crippen LogP contribution in [0.3, 0.4) is 0 Å². The van der Waals surface area contributed by atoms with Gasteiger partial charge in [0.2, 0.25) is 5.88 Å². The van der Waals surface area contributed by atoms with E-state index in [2.05, 4.69) is 9.97 Å². The molecule has 0 atom stereocenters. The lowest BCUT2D eigenvalue weighted by atomic mass is 10.1. The highest BCUT2D eigenvalue weighted by Gasteiger charge is 2.30. The molecule has 0 bridgehead atoms. The Morgan fingerprint density at radius 3 is 2.95 bits per heavy atom. The number of hydrogen-bond donors (Lipinski definition) is 0. The third-order valence-corrected chi connectivity index (χ3v) is 4.41. The summed E-state index contributed by atoms with van der Waals surface area (Å²) in [5.74, 6) is 1.46. The Balaban J connectivity index is 1.96. The number of rotatable bonds is 3. The fraction of sp³-hybridized carbons (Fsp3) is 0.400. The van der Waals surface area contributed by atoms with E-state index < -0.39 is 0 Å². The molecule has 1 amide bonds. The van der Waals surface area contributed by atoms with E-state index in [9.17, 15) is 4.79 Å². The van der Waals surface area contributed by atoms with Crippen molar-refractivity contribution in [1.29, 1.82) is 0 Å². The minimum Gasteiger partial charge on any atom is -0.481 e. The predicted octanol–water partition coefficient (Wildman–Crippen LogP) is 2.87. The molecule has 1 aliphatic heterocycles. The van der Waals surface area contributed by atoms with Crippen LogP contribution in [0.2, 0.25) is 0 Å². The van der Waals surface area contributed by atoms with Crippen LogP contribution in [0.25, 0.3) is 0 Å². The Labute approximate surface area is 127 Å². The van der Waals surface area contributed by atoms with Gasteiger partial charge in [0.05, 0.1) is 18.3 Å². The summed E-state index contributed by atoms with van der Waals surface area (Å²) in [5, 5.41) is 0. The fourth-order valence-electron chi connectivity index (χ4n) is 2.49. The maximum Gasteiger partial charge on any atom is 0.271 e. The molecular weight excluding hydrogens is 286 g/mol. The number of amides is 1. The minimum absolute atomic E-state index is 0.0132. The van der Waals surface area contributed by atoms with Gasteiger partial charge < -0.3 is 4.74 Å². The van der Waals surface area contributed by atoms with Crippen molar-refractivity contribution >= 4 is 23.1 Å². The van der Waals surface area contributed by atoms with E-state index in [-0.39, 0.29) is 11.8 Å². The molecule has 0 radical (unpaired) electrons. The van der Waals surface area contributed by atoms with Crippen LogP contribution in [0.1, 0.15) is 40.7 Å². The normalized spacial score (nSPS) is 13.6. The van der Waals surface area contributed by atoms with E-state index >= 15 is 0 Å². The number of pyridine rings is 1. The number of carbonyl (C=O) groups excluding carboxylic acids is 1. The maximum absolute atomic E-state index is 12.8. The standard InChI is InChI=1S/C15H17N3O2S/c1-9(2)12-13(21-8-16-12)15(19)18-7-6-10-4-5-11(20-3)17-14(10)18/h4-5,8-9H,6-7H2,1-3H3. The second-order valence-electron chi connectivity index (χ2n) is 5.26. The summed E-state index contributed by atoms with van der Waals surface area (Å²) in [5.41, 5.74) is 3.68. The lowest BCUT2D eigenvalue weighted by Gasteiger charge is -2.17. The molecular formula is C15H17N3O2S. The Kier molecular flexibility index (Phi) is 3.63. The van der Waals surface area contributed by atoms with Gasteiger partial charge in [-0.05, 0) is 24.0 Å². The van der Waals surface area contributed by atoms with Gasteiger partial charge in [-0.25, -0.2) is 4.98 Å². The summed E-state index contributed by atoms with van der Waals surface area (Å²) < 4.78 is 5.16. The summed E-state index contributed by atoms with van der Waals surface area (Å²) in [7, 11) is 1.58. The largest absolute Gasteiger partial charge is 0.481 e. The van der Waals surface area contributed by atoms with Crippen molar-refractivity contribution in [2.45, 2.75) is 26.2 Å². The molecule has 0 N–H and O–H groups in total. The second kappa shape index (κ2) is 5.44. The molecule has 3 heterocycles. The molecule has 0 unspecified atom stereocenters. The first-order valence-corrected chi connectivity index (χ1v) is 7.79. The molecule has 2 aromatic rings. The highest BCUT2D eigenvalue weighted by Crippen LogP contribution is 2.31. The van der Waals surface area contributed by atoms with Crippen LogP contribution in [0.15, 0.2) is 17.6 Å². The van der Waals surface area contributed by atoms with Gasteiger partial charge in [0.15, 0.2) is 0 Å². The monoisotopic (exact) mass is 303 g/mol. The van der Waals surface area contributed by atoms with Crippen LogP contribution in [-0.4, -0.2) is 29.5 Å². The summed E-state index contributed by atoms with van der Waals surface area (Å²) in [6.45, 7) is 4.75. The average molecular weight is 303 g/mol. The lowest BCUT2D eigenvalue weighted by molar-refractivity contribution is 0.0991. The van der Waals surface area contributed by atoms with Crippen LogP contribution in [0, 0.1) is 0 Å². The first-order valence-electron chi connectivity index (χ1n) is 6.91. The van der Waals surface area contributed by atoms with Crippen LogP contribution in [-0.2, 0) is 6.42 Å². The Bertz CT molecular complexity index is 681. The molecule has 21 heavy (non-hydrogen) atoms. The number of ether oxygens (including phenoxy) is 1. The molecule has 5 nitrogen and oxygen atoms in total. The van der Waals surface area contributed by atoms with Crippen LogP contribution in [0.4, 0.5) is 5.82 Å². The van der Waals surface area contributed by atoms with Gasteiger partial charge in [0, 0.05) is 12.6 Å². The van der Waals surface area contributed by atoms with Crippen LogP contribution in [0.5, 0.6) is 5.88 Å². The first kappa shape index (κ1) is 14.0. The molecule has 0 spiro atoms. The van der Waals surface area contributed by atoms with Crippen LogP contribution < -0.4 is 9.64 Å². The van der Waals surface area contributed by atoms with Crippen molar-refractivity contribution in [2.24, 2.45) is 0 Å². The van der Waals surface area contributed by atoms with E-state index in [1.165, 1.54) is 11.3 Å². The first-order chi connectivity index (χ1) is 10.1. The zero-order valence-corrected chi connectivity index (χ0v) is 13.1. The van der Waals surface area contributed by atoms with Crippen LogP contribution >= 0.6 is 11.3 Å². The van der Waals surface area contributed by atoms with E-state index in [0.717, 1.165) is 17.7 Å². The van der Waals surface area contributed by atoms with Crippen molar-refractivity contribution < 1.29 is 9.53 Å². The molecule has 0 saturated carbocycles. The molecule has 1 aliphatic rings. The summed E-state index contributed by atoms with van der Waals surface area (Å²) in [6.07, 6.45) is 0.827. The Morgan fingerprint density at radius 2 is 2.24 bits per heavy atom. The highest BCUT2D eigenvalue weighted by molar-refractivity contribution is 7.12. The van der Waals surface area contributed by atoms with Gasteiger partial charge in [-0.1, -0.05) is 13.8 Å². The summed E-state index contributed by atoms with van der Waals surface area (Å²) >= 11 is 1.40. The number of hydrogen-bond acceptors (Lipinski definition) is 5. The van der Waals surface area contributed by atoms with Crippen molar-refractivity contribution in [3.63, 3.8) is 0 Å². The summed E-state index contributed by atoms with van der Waals surface area (Å²) in [6, 6.07) is 3.81. The minimum atomic E-state index is -0.0132. The van der Waals surface area contributed by atoms with E-state index in [4.69, 9.17) is 4.74 Å².